The van der Waals surface area contributed by atoms with Gasteiger partial charge in [0.2, 0.25) is 10.0 Å². The maximum Gasteiger partial charge on any atom is 0.242 e. The lowest BCUT2D eigenvalue weighted by atomic mass is 10.2. The van der Waals surface area contributed by atoms with Gasteiger partial charge in [-0.3, -0.25) is 0 Å². The molecular formula is C13H18ClN3O2S. The van der Waals surface area contributed by atoms with Crippen molar-refractivity contribution in [3.8, 4) is 6.07 Å². The van der Waals surface area contributed by atoms with Crippen LogP contribution in [-0.4, -0.2) is 40.5 Å². The molecule has 0 bridgehead atoms. The number of nitrogens with zero attached hydrogens (tertiary/aromatic N) is 2. The van der Waals surface area contributed by atoms with Gasteiger partial charge in [0.25, 0.3) is 0 Å². The molecule has 20 heavy (non-hydrogen) atoms. The van der Waals surface area contributed by atoms with Crippen LogP contribution in [0.3, 0.4) is 0 Å². The van der Waals surface area contributed by atoms with Crippen LogP contribution in [0, 0.1) is 11.3 Å². The minimum absolute atomic E-state index is 0.0502. The van der Waals surface area contributed by atoms with E-state index in [2.05, 4.69) is 4.72 Å². The molecule has 1 aromatic rings. The Kier molecular flexibility index (Phi) is 6.43. The first-order chi connectivity index (χ1) is 9.36. The molecule has 0 aliphatic carbocycles. The Morgan fingerprint density at radius 2 is 2.05 bits per heavy atom. The molecule has 1 rings (SSSR count). The molecule has 7 heteroatoms. The number of benzene rings is 1. The van der Waals surface area contributed by atoms with E-state index in [1.807, 2.05) is 25.1 Å². The lowest BCUT2D eigenvalue weighted by Crippen LogP contribution is -2.26. The van der Waals surface area contributed by atoms with Crippen LogP contribution in [0.15, 0.2) is 23.1 Å². The lowest BCUT2D eigenvalue weighted by molar-refractivity contribution is 0.394. The van der Waals surface area contributed by atoms with Gasteiger partial charge in [-0.15, -0.1) is 0 Å². The van der Waals surface area contributed by atoms with Crippen molar-refractivity contribution < 1.29 is 8.42 Å². The Bertz CT molecular complexity index is 594. The Hall–Kier alpha value is -1.13. The van der Waals surface area contributed by atoms with E-state index in [0.29, 0.717) is 6.54 Å². The van der Waals surface area contributed by atoms with Crippen LogP contribution in [0.25, 0.3) is 0 Å². The van der Waals surface area contributed by atoms with Crippen molar-refractivity contribution in [2.24, 2.45) is 0 Å². The van der Waals surface area contributed by atoms with Gasteiger partial charge in [-0.25, -0.2) is 13.1 Å². The van der Waals surface area contributed by atoms with Crippen molar-refractivity contribution in [3.05, 3.63) is 28.8 Å². The average Bonchev–Trinajstić information content (AvgIpc) is 2.38. The van der Waals surface area contributed by atoms with Crippen molar-refractivity contribution in [2.45, 2.75) is 17.7 Å². The van der Waals surface area contributed by atoms with Crippen LogP contribution in [0.5, 0.6) is 0 Å². The fourth-order valence-corrected chi connectivity index (χ4v) is 3.21. The molecule has 0 atom stereocenters. The molecule has 0 aliphatic heterocycles. The minimum Gasteiger partial charge on any atom is -0.309 e. The summed E-state index contributed by atoms with van der Waals surface area (Å²) in [6, 6.07) is 6.08. The smallest absolute Gasteiger partial charge is 0.242 e. The van der Waals surface area contributed by atoms with Gasteiger partial charge in [0.05, 0.1) is 16.7 Å². The number of nitriles is 1. The number of rotatable bonds is 7. The van der Waals surface area contributed by atoms with Crippen molar-refractivity contribution in [1.29, 1.82) is 5.26 Å². The van der Waals surface area contributed by atoms with Crippen LogP contribution < -0.4 is 4.72 Å². The van der Waals surface area contributed by atoms with Gasteiger partial charge in [0.1, 0.15) is 4.90 Å². The number of unbranched alkanes of at least 4 members (excludes halogenated alkanes) is 1. The molecule has 5 nitrogen and oxygen atoms in total. The third-order valence-corrected chi connectivity index (χ3v) is 4.62. The summed E-state index contributed by atoms with van der Waals surface area (Å²) in [6.45, 7) is 1.26. The third-order valence-electron chi connectivity index (χ3n) is 2.67. The maximum absolute atomic E-state index is 12.1. The second-order valence-electron chi connectivity index (χ2n) is 4.67. The fourth-order valence-electron chi connectivity index (χ4n) is 1.62. The highest BCUT2D eigenvalue weighted by Crippen LogP contribution is 2.22. The van der Waals surface area contributed by atoms with Gasteiger partial charge in [-0.05, 0) is 51.7 Å². The summed E-state index contributed by atoms with van der Waals surface area (Å²) in [5.41, 5.74) is 0.266. The zero-order valence-corrected chi connectivity index (χ0v) is 13.1. The lowest BCUT2D eigenvalue weighted by Gasteiger charge is -2.10. The molecule has 0 aromatic heterocycles. The predicted octanol–water partition coefficient (Wildman–Crippen LogP) is 1.83. The fraction of sp³-hybridized carbons (Fsp3) is 0.462. The number of halogens is 1. The third kappa shape index (κ3) is 5.10. The molecule has 0 unspecified atom stereocenters. The van der Waals surface area contributed by atoms with Crippen LogP contribution in [-0.2, 0) is 10.0 Å². The molecule has 0 spiro atoms. The van der Waals surface area contributed by atoms with Gasteiger partial charge in [0, 0.05) is 6.54 Å². The van der Waals surface area contributed by atoms with E-state index >= 15 is 0 Å². The minimum atomic E-state index is -3.67. The summed E-state index contributed by atoms with van der Waals surface area (Å²) in [7, 11) is 0.268. The van der Waals surface area contributed by atoms with E-state index < -0.39 is 10.0 Å². The Morgan fingerprint density at radius 3 is 2.65 bits per heavy atom. The van der Waals surface area contributed by atoms with Crippen molar-refractivity contribution >= 4 is 21.6 Å². The quantitative estimate of drug-likeness (QED) is 0.779. The Morgan fingerprint density at radius 1 is 1.35 bits per heavy atom. The second kappa shape index (κ2) is 7.60. The number of hydrogen-bond acceptors (Lipinski definition) is 4. The first kappa shape index (κ1) is 16.9. The van der Waals surface area contributed by atoms with E-state index in [9.17, 15) is 8.42 Å². The molecule has 0 aliphatic rings. The highest BCUT2D eigenvalue weighted by atomic mass is 35.5. The van der Waals surface area contributed by atoms with E-state index in [0.717, 1.165) is 19.4 Å². The maximum atomic E-state index is 12.1. The Labute approximate surface area is 125 Å². The van der Waals surface area contributed by atoms with Crippen molar-refractivity contribution in [2.75, 3.05) is 27.2 Å². The topological polar surface area (TPSA) is 73.2 Å². The van der Waals surface area contributed by atoms with Crippen molar-refractivity contribution in [1.82, 2.24) is 9.62 Å². The molecular weight excluding hydrogens is 298 g/mol. The first-order valence-corrected chi connectivity index (χ1v) is 8.07. The van der Waals surface area contributed by atoms with Gasteiger partial charge in [-0.1, -0.05) is 11.6 Å². The van der Waals surface area contributed by atoms with E-state index in [1.54, 1.807) is 0 Å². The second-order valence-corrected chi connectivity index (χ2v) is 6.81. The molecule has 1 aromatic carbocycles. The monoisotopic (exact) mass is 315 g/mol. The highest BCUT2D eigenvalue weighted by Gasteiger charge is 2.17. The normalized spacial score (nSPS) is 11.6. The van der Waals surface area contributed by atoms with Crippen LogP contribution in [0.2, 0.25) is 5.02 Å². The summed E-state index contributed by atoms with van der Waals surface area (Å²) < 4.78 is 26.7. The average molecular weight is 316 g/mol. The van der Waals surface area contributed by atoms with Crippen molar-refractivity contribution in [3.63, 3.8) is 0 Å². The summed E-state index contributed by atoms with van der Waals surface area (Å²) in [5, 5.41) is 8.92. The van der Waals surface area contributed by atoms with Gasteiger partial charge in [0.15, 0.2) is 0 Å². The van der Waals surface area contributed by atoms with Crippen LogP contribution in [0.4, 0.5) is 0 Å². The van der Waals surface area contributed by atoms with E-state index in [1.165, 1.54) is 18.2 Å². The summed E-state index contributed by atoms with van der Waals surface area (Å²) in [5.74, 6) is 0. The molecule has 0 saturated carbocycles. The summed E-state index contributed by atoms with van der Waals surface area (Å²) >= 11 is 5.88. The molecule has 0 heterocycles. The zero-order valence-electron chi connectivity index (χ0n) is 11.6. The molecule has 110 valence electrons. The zero-order chi connectivity index (χ0) is 15.2. The summed E-state index contributed by atoms with van der Waals surface area (Å²) in [6.07, 6.45) is 1.65. The molecule has 1 N–H and O–H groups in total. The molecule has 0 saturated heterocycles. The van der Waals surface area contributed by atoms with Gasteiger partial charge in [-0.2, -0.15) is 5.26 Å². The van der Waals surface area contributed by atoms with Gasteiger partial charge < -0.3 is 4.90 Å². The largest absolute Gasteiger partial charge is 0.309 e. The number of sulfonamides is 1. The number of hydrogen-bond donors (Lipinski definition) is 1. The predicted molar refractivity (Wildman–Crippen MR) is 79.1 cm³/mol. The highest BCUT2D eigenvalue weighted by molar-refractivity contribution is 7.89. The Balaban J connectivity index is 2.67. The SMILES string of the molecule is CN(C)CCCCNS(=O)(=O)c1cc(C#N)ccc1Cl. The molecule has 0 radical (unpaired) electrons. The van der Waals surface area contributed by atoms with Crippen LogP contribution >= 0.6 is 11.6 Å². The number of nitrogens with one attached hydrogen (secondary N) is 1. The van der Waals surface area contributed by atoms with E-state index in [4.69, 9.17) is 16.9 Å². The standard InChI is InChI=1S/C13H18ClN3O2S/c1-17(2)8-4-3-7-16-20(18,19)13-9-11(10-15)5-6-12(13)14/h5-6,9,16H,3-4,7-8H2,1-2H3. The van der Waals surface area contributed by atoms with E-state index in [-0.39, 0.29) is 15.5 Å². The summed E-state index contributed by atoms with van der Waals surface area (Å²) in [4.78, 5) is 1.99. The molecule has 0 fully saturated rings. The van der Waals surface area contributed by atoms with Gasteiger partial charge >= 0.3 is 0 Å². The van der Waals surface area contributed by atoms with Crippen LogP contribution in [0.1, 0.15) is 18.4 Å². The molecule has 0 amide bonds. The first-order valence-electron chi connectivity index (χ1n) is 6.21.